The lowest BCUT2D eigenvalue weighted by Crippen LogP contribution is -2.55. The normalized spacial score (nSPS) is 21.3. The van der Waals surface area contributed by atoms with Crippen LogP contribution >= 0.6 is 0 Å². The highest BCUT2D eigenvalue weighted by atomic mass is 16.6. The molecule has 2 aromatic heterocycles. The van der Waals surface area contributed by atoms with Crippen LogP contribution in [0.2, 0.25) is 0 Å². The van der Waals surface area contributed by atoms with Gasteiger partial charge in [0.2, 0.25) is 0 Å². The number of likely N-dealkylation sites (tertiary alicyclic amines) is 1. The molecule has 2 aliphatic heterocycles. The van der Waals surface area contributed by atoms with Gasteiger partial charge in [-0.3, -0.25) is 14.8 Å². The molecule has 0 aliphatic carbocycles. The summed E-state index contributed by atoms with van der Waals surface area (Å²) in [6.07, 6.45) is 8.11. The van der Waals surface area contributed by atoms with E-state index in [4.69, 9.17) is 4.74 Å². The molecule has 2 aliphatic rings. The van der Waals surface area contributed by atoms with Gasteiger partial charge in [0, 0.05) is 63.4 Å². The van der Waals surface area contributed by atoms with Crippen LogP contribution in [0.25, 0.3) is 5.69 Å². The van der Waals surface area contributed by atoms with Crippen molar-refractivity contribution in [1.82, 2.24) is 24.3 Å². The van der Waals surface area contributed by atoms with Gasteiger partial charge in [-0.05, 0) is 50.6 Å². The molecule has 1 amide bonds. The van der Waals surface area contributed by atoms with Crippen LogP contribution in [0.5, 0.6) is 0 Å². The Kier molecular flexibility index (Phi) is 6.46. The standard InChI is InChI=1S/C22H31N5O2/c1-2-29-22(28)26-14-12-25(13-15-26)20-7-4-10-24(17-20)18-21-8-5-11-27(21)19-6-3-9-23-16-19/h3,5-6,8-9,11,16,20H,2,4,7,10,12-15,17-18H2,1H3/t20-/m1/s1. The number of hydrogen-bond donors (Lipinski definition) is 0. The molecule has 29 heavy (non-hydrogen) atoms. The summed E-state index contributed by atoms with van der Waals surface area (Å²) in [7, 11) is 0. The predicted molar refractivity (Wildman–Crippen MR) is 112 cm³/mol. The van der Waals surface area contributed by atoms with E-state index < -0.39 is 0 Å². The Labute approximate surface area is 172 Å². The van der Waals surface area contributed by atoms with Crippen molar-refractivity contribution in [3.63, 3.8) is 0 Å². The zero-order chi connectivity index (χ0) is 20.1. The van der Waals surface area contributed by atoms with Crippen LogP contribution in [-0.2, 0) is 11.3 Å². The van der Waals surface area contributed by atoms with Gasteiger partial charge in [0.1, 0.15) is 0 Å². The lowest BCUT2D eigenvalue weighted by molar-refractivity contribution is 0.0409. The van der Waals surface area contributed by atoms with E-state index >= 15 is 0 Å². The number of piperazine rings is 1. The summed E-state index contributed by atoms with van der Waals surface area (Å²) in [5, 5.41) is 0. The average molecular weight is 398 g/mol. The first-order chi connectivity index (χ1) is 14.2. The fourth-order valence-corrected chi connectivity index (χ4v) is 4.48. The Morgan fingerprint density at radius 3 is 2.79 bits per heavy atom. The molecular weight excluding hydrogens is 366 g/mol. The maximum absolute atomic E-state index is 11.9. The molecule has 156 valence electrons. The Balaban J connectivity index is 1.33. The third-order valence-electron chi connectivity index (χ3n) is 5.98. The van der Waals surface area contributed by atoms with E-state index in [2.05, 4.69) is 43.7 Å². The van der Waals surface area contributed by atoms with Crippen LogP contribution in [0, 0.1) is 0 Å². The maximum Gasteiger partial charge on any atom is 0.409 e. The molecule has 2 saturated heterocycles. The molecule has 0 N–H and O–H groups in total. The highest BCUT2D eigenvalue weighted by Gasteiger charge is 2.30. The fraction of sp³-hybridized carbons (Fsp3) is 0.545. The second-order valence-corrected chi connectivity index (χ2v) is 7.83. The summed E-state index contributed by atoms with van der Waals surface area (Å²) in [6, 6.07) is 8.95. The third-order valence-corrected chi connectivity index (χ3v) is 5.98. The van der Waals surface area contributed by atoms with Gasteiger partial charge in [0.15, 0.2) is 0 Å². The first-order valence-corrected chi connectivity index (χ1v) is 10.7. The van der Waals surface area contributed by atoms with Crippen molar-refractivity contribution < 1.29 is 9.53 Å². The number of piperidine rings is 1. The monoisotopic (exact) mass is 397 g/mol. The number of nitrogens with zero attached hydrogens (tertiary/aromatic N) is 5. The Morgan fingerprint density at radius 2 is 2.03 bits per heavy atom. The van der Waals surface area contributed by atoms with Crippen LogP contribution in [0.4, 0.5) is 4.79 Å². The smallest absolute Gasteiger partial charge is 0.409 e. The molecule has 0 aromatic carbocycles. The summed E-state index contributed by atoms with van der Waals surface area (Å²) in [6.45, 7) is 8.86. The Bertz CT molecular complexity index is 786. The molecule has 1 atom stereocenters. The van der Waals surface area contributed by atoms with Crippen LogP contribution < -0.4 is 0 Å². The highest BCUT2D eigenvalue weighted by molar-refractivity contribution is 5.67. The number of pyridine rings is 1. The van der Waals surface area contributed by atoms with E-state index in [-0.39, 0.29) is 6.09 Å². The van der Waals surface area contributed by atoms with E-state index in [0.717, 1.165) is 51.5 Å². The third kappa shape index (κ3) is 4.79. The van der Waals surface area contributed by atoms with E-state index in [1.165, 1.54) is 18.5 Å². The van der Waals surface area contributed by atoms with Crippen LogP contribution in [-0.4, -0.2) is 82.3 Å². The minimum atomic E-state index is -0.173. The van der Waals surface area contributed by atoms with Gasteiger partial charge in [-0.2, -0.15) is 0 Å². The zero-order valence-corrected chi connectivity index (χ0v) is 17.2. The largest absolute Gasteiger partial charge is 0.450 e. The summed E-state index contributed by atoms with van der Waals surface area (Å²) in [5.74, 6) is 0. The van der Waals surface area contributed by atoms with E-state index in [0.29, 0.717) is 12.6 Å². The molecule has 7 heteroatoms. The van der Waals surface area contributed by atoms with Gasteiger partial charge in [0.05, 0.1) is 18.5 Å². The first-order valence-electron chi connectivity index (χ1n) is 10.7. The first kappa shape index (κ1) is 19.9. The Morgan fingerprint density at radius 1 is 1.17 bits per heavy atom. The molecule has 7 nitrogen and oxygen atoms in total. The lowest BCUT2D eigenvalue weighted by Gasteiger charge is -2.43. The van der Waals surface area contributed by atoms with Crippen molar-refractivity contribution in [2.24, 2.45) is 0 Å². The number of rotatable bonds is 5. The van der Waals surface area contributed by atoms with Gasteiger partial charge in [-0.15, -0.1) is 0 Å². The molecule has 0 radical (unpaired) electrons. The van der Waals surface area contributed by atoms with Gasteiger partial charge >= 0.3 is 6.09 Å². The van der Waals surface area contributed by atoms with Gasteiger partial charge in [-0.25, -0.2) is 4.79 Å². The fourth-order valence-electron chi connectivity index (χ4n) is 4.48. The van der Waals surface area contributed by atoms with E-state index in [1.54, 1.807) is 0 Å². The molecule has 2 fully saturated rings. The second kappa shape index (κ2) is 9.41. The van der Waals surface area contributed by atoms with Crippen LogP contribution in [0.3, 0.4) is 0 Å². The molecule has 4 heterocycles. The lowest BCUT2D eigenvalue weighted by atomic mass is 10.0. The molecule has 4 rings (SSSR count). The molecule has 0 bridgehead atoms. The van der Waals surface area contributed by atoms with Crippen molar-refractivity contribution in [3.8, 4) is 5.69 Å². The number of carbonyl (C=O) groups excluding carboxylic acids is 1. The minimum Gasteiger partial charge on any atom is -0.450 e. The van der Waals surface area contributed by atoms with Crippen molar-refractivity contribution in [1.29, 1.82) is 0 Å². The van der Waals surface area contributed by atoms with Crippen molar-refractivity contribution in [2.45, 2.75) is 32.4 Å². The molecule has 2 aromatic rings. The van der Waals surface area contributed by atoms with Crippen molar-refractivity contribution >= 4 is 6.09 Å². The summed E-state index contributed by atoms with van der Waals surface area (Å²) in [5.41, 5.74) is 2.40. The topological polar surface area (TPSA) is 53.8 Å². The highest BCUT2D eigenvalue weighted by Crippen LogP contribution is 2.21. The quantitative estimate of drug-likeness (QED) is 0.776. The minimum absolute atomic E-state index is 0.173. The summed E-state index contributed by atoms with van der Waals surface area (Å²) < 4.78 is 7.37. The van der Waals surface area contributed by atoms with E-state index in [1.807, 2.05) is 30.3 Å². The number of ether oxygens (including phenoxy) is 1. The average Bonchev–Trinajstić information content (AvgIpc) is 3.23. The van der Waals surface area contributed by atoms with Gasteiger partial charge < -0.3 is 14.2 Å². The van der Waals surface area contributed by atoms with Gasteiger partial charge in [0.25, 0.3) is 0 Å². The van der Waals surface area contributed by atoms with Crippen molar-refractivity contribution in [3.05, 3.63) is 48.5 Å². The second-order valence-electron chi connectivity index (χ2n) is 7.83. The van der Waals surface area contributed by atoms with Crippen LogP contribution in [0.1, 0.15) is 25.5 Å². The maximum atomic E-state index is 11.9. The predicted octanol–water partition coefficient (Wildman–Crippen LogP) is 2.61. The summed E-state index contributed by atoms with van der Waals surface area (Å²) in [4.78, 5) is 23.1. The number of aromatic nitrogens is 2. The number of amides is 1. The SMILES string of the molecule is CCOC(=O)N1CCN([C@@H]2CCCN(Cc3cccn3-c3cccnc3)C2)CC1. The van der Waals surface area contributed by atoms with Gasteiger partial charge in [-0.1, -0.05) is 0 Å². The molecule has 0 saturated carbocycles. The molecule has 0 spiro atoms. The molecular formula is C22H31N5O2. The van der Waals surface area contributed by atoms with E-state index in [9.17, 15) is 4.79 Å². The number of hydrogen-bond acceptors (Lipinski definition) is 5. The zero-order valence-electron chi connectivity index (χ0n) is 17.2. The van der Waals surface area contributed by atoms with Crippen LogP contribution in [0.15, 0.2) is 42.9 Å². The van der Waals surface area contributed by atoms with Crippen molar-refractivity contribution in [2.75, 3.05) is 45.9 Å². The summed E-state index contributed by atoms with van der Waals surface area (Å²) >= 11 is 0. The molecule has 0 unspecified atom stereocenters. The Hall–Kier alpha value is -2.38. The number of carbonyl (C=O) groups is 1.